The zero-order valence-electron chi connectivity index (χ0n) is 16.5. The summed E-state index contributed by atoms with van der Waals surface area (Å²) < 4.78 is 24.6. The van der Waals surface area contributed by atoms with Gasteiger partial charge >= 0.3 is 0 Å². The van der Waals surface area contributed by atoms with Crippen molar-refractivity contribution in [2.45, 2.75) is 24.9 Å². The number of carbonyl (C=O) groups is 1. The van der Waals surface area contributed by atoms with Crippen LogP contribution < -0.4 is 14.4 Å². The summed E-state index contributed by atoms with van der Waals surface area (Å²) in [5.74, 6) is 0.668. The summed E-state index contributed by atoms with van der Waals surface area (Å²) in [5.41, 5.74) is 1.85. The lowest BCUT2D eigenvalue weighted by Crippen LogP contribution is -2.57. The van der Waals surface area contributed by atoms with Crippen molar-refractivity contribution in [3.05, 3.63) is 52.8 Å². The molecule has 2 aliphatic heterocycles. The summed E-state index contributed by atoms with van der Waals surface area (Å²) >= 11 is 6.15. The maximum Gasteiger partial charge on any atom is 0.165 e. The molecular formula is C22H24ClFN2O3. The van der Waals surface area contributed by atoms with Crippen LogP contribution >= 0.6 is 11.6 Å². The molecule has 2 saturated heterocycles. The summed E-state index contributed by atoms with van der Waals surface area (Å²) in [6, 6.07) is 10.7. The first-order valence-corrected chi connectivity index (χ1v) is 10.1. The molecule has 1 unspecified atom stereocenters. The second-order valence-electron chi connectivity index (χ2n) is 7.51. The number of piperidine rings is 1. The lowest BCUT2D eigenvalue weighted by atomic mass is 9.88. The Morgan fingerprint density at radius 2 is 1.83 bits per heavy atom. The number of fused-ring (bicyclic) bond motifs is 1. The van der Waals surface area contributed by atoms with Crippen LogP contribution in [-0.4, -0.2) is 50.6 Å². The fourth-order valence-electron chi connectivity index (χ4n) is 4.42. The minimum Gasteiger partial charge on any atom is -0.495 e. The van der Waals surface area contributed by atoms with Crippen LogP contribution in [0.4, 0.5) is 10.1 Å². The third kappa shape index (κ3) is 3.91. The van der Waals surface area contributed by atoms with Crippen molar-refractivity contribution in [1.82, 2.24) is 4.90 Å². The quantitative estimate of drug-likeness (QED) is 0.748. The Morgan fingerprint density at radius 1 is 1.03 bits per heavy atom. The number of piperazine rings is 1. The molecule has 0 spiro atoms. The Bertz CT molecular complexity index is 923. The molecule has 2 atom stereocenters. The van der Waals surface area contributed by atoms with Gasteiger partial charge in [-0.15, -0.1) is 0 Å². The van der Waals surface area contributed by atoms with Gasteiger partial charge in [-0.3, -0.25) is 9.69 Å². The van der Waals surface area contributed by atoms with E-state index < -0.39 is 5.82 Å². The largest absolute Gasteiger partial charge is 0.495 e. The topological polar surface area (TPSA) is 42.0 Å². The Morgan fingerprint density at radius 3 is 2.55 bits per heavy atom. The van der Waals surface area contributed by atoms with Gasteiger partial charge in [-0.1, -0.05) is 17.7 Å². The minimum absolute atomic E-state index is 0.0850. The van der Waals surface area contributed by atoms with E-state index in [1.807, 2.05) is 24.3 Å². The first kappa shape index (κ1) is 20.0. The lowest BCUT2D eigenvalue weighted by Gasteiger charge is -2.48. The highest BCUT2D eigenvalue weighted by Crippen LogP contribution is 2.37. The number of halogens is 2. The smallest absolute Gasteiger partial charge is 0.165 e. The summed E-state index contributed by atoms with van der Waals surface area (Å²) in [4.78, 5) is 17.1. The first-order valence-electron chi connectivity index (χ1n) is 9.69. The maximum absolute atomic E-state index is 14.3. The Hall–Kier alpha value is -2.31. The molecule has 0 bridgehead atoms. The van der Waals surface area contributed by atoms with Crippen molar-refractivity contribution in [3.63, 3.8) is 0 Å². The van der Waals surface area contributed by atoms with E-state index in [1.165, 1.54) is 13.2 Å². The van der Waals surface area contributed by atoms with Crippen LogP contribution in [-0.2, 0) is 4.79 Å². The highest BCUT2D eigenvalue weighted by molar-refractivity contribution is 6.32. The molecule has 29 heavy (non-hydrogen) atoms. The van der Waals surface area contributed by atoms with Crippen molar-refractivity contribution in [1.29, 1.82) is 0 Å². The maximum atomic E-state index is 14.3. The Kier molecular flexibility index (Phi) is 5.65. The van der Waals surface area contributed by atoms with Gasteiger partial charge in [0.15, 0.2) is 11.6 Å². The van der Waals surface area contributed by atoms with E-state index in [1.54, 1.807) is 13.2 Å². The zero-order chi connectivity index (χ0) is 20.5. The molecule has 154 valence electrons. The fourth-order valence-corrected chi connectivity index (χ4v) is 4.61. The molecule has 2 aliphatic rings. The number of benzene rings is 2. The summed E-state index contributed by atoms with van der Waals surface area (Å²) in [6.07, 6.45) is 0.924. The van der Waals surface area contributed by atoms with Crippen molar-refractivity contribution < 1.29 is 18.7 Å². The number of nitrogens with zero attached hydrogens (tertiary/aromatic N) is 2. The second kappa shape index (κ2) is 8.20. The number of ketones is 1. The third-order valence-corrected chi connectivity index (χ3v) is 6.19. The van der Waals surface area contributed by atoms with Gasteiger partial charge in [0.25, 0.3) is 0 Å². The highest BCUT2D eigenvalue weighted by atomic mass is 35.5. The van der Waals surface area contributed by atoms with Crippen LogP contribution in [0.2, 0.25) is 5.02 Å². The third-order valence-electron chi connectivity index (χ3n) is 5.87. The van der Waals surface area contributed by atoms with Gasteiger partial charge in [-0.25, -0.2) is 4.39 Å². The standard InChI is InChI=1S/C22H24ClFN2O3/c1-28-21-6-3-14(9-19(21)24)20-12-17(27)10-16-13-25(7-8-26(16)20)15-4-5-18(23)22(11-15)29-2/h3-6,9,11,16,20H,7-8,10,12-13H2,1-2H3/t16?,20-/m1/s1. The number of Topliss-reactive ketones (excluding diaryl/α,β-unsaturated/α-hetero) is 1. The van der Waals surface area contributed by atoms with Crippen molar-refractivity contribution in [2.24, 2.45) is 0 Å². The molecule has 2 heterocycles. The van der Waals surface area contributed by atoms with Gasteiger partial charge < -0.3 is 14.4 Å². The number of methoxy groups -OCH3 is 2. The molecule has 0 aliphatic carbocycles. The van der Waals surface area contributed by atoms with Gasteiger partial charge in [0.2, 0.25) is 0 Å². The summed E-state index contributed by atoms with van der Waals surface area (Å²) in [7, 11) is 3.05. The number of hydrogen-bond donors (Lipinski definition) is 0. The molecule has 7 heteroatoms. The van der Waals surface area contributed by atoms with E-state index in [4.69, 9.17) is 21.1 Å². The average molecular weight is 419 g/mol. The van der Waals surface area contributed by atoms with Crippen LogP contribution in [0.1, 0.15) is 24.4 Å². The monoisotopic (exact) mass is 418 g/mol. The molecule has 2 aromatic carbocycles. The minimum atomic E-state index is -0.397. The normalized spacial score (nSPS) is 22.3. The summed E-state index contributed by atoms with van der Waals surface area (Å²) in [6.45, 7) is 2.33. The number of anilines is 1. The van der Waals surface area contributed by atoms with Gasteiger partial charge in [-0.05, 0) is 29.8 Å². The number of rotatable bonds is 4. The SMILES string of the molecule is COc1ccc([C@H]2CC(=O)CC3CN(c4ccc(Cl)c(OC)c4)CCN32)cc1F. The van der Waals surface area contributed by atoms with E-state index in [9.17, 15) is 9.18 Å². The van der Waals surface area contributed by atoms with Crippen molar-refractivity contribution in [3.8, 4) is 11.5 Å². The zero-order valence-corrected chi connectivity index (χ0v) is 17.3. The van der Waals surface area contributed by atoms with E-state index in [0.29, 0.717) is 23.6 Å². The van der Waals surface area contributed by atoms with Gasteiger partial charge in [0.05, 0.1) is 19.2 Å². The number of hydrogen-bond acceptors (Lipinski definition) is 5. The van der Waals surface area contributed by atoms with Gasteiger partial charge in [0, 0.05) is 56.3 Å². The van der Waals surface area contributed by atoms with E-state index in [-0.39, 0.29) is 23.6 Å². The summed E-state index contributed by atoms with van der Waals surface area (Å²) in [5, 5.41) is 0.573. The molecule has 0 amide bonds. The predicted molar refractivity (Wildman–Crippen MR) is 111 cm³/mol. The van der Waals surface area contributed by atoms with E-state index in [2.05, 4.69) is 9.80 Å². The van der Waals surface area contributed by atoms with Crippen LogP contribution in [0.15, 0.2) is 36.4 Å². The lowest BCUT2D eigenvalue weighted by molar-refractivity contribution is -0.125. The molecule has 2 fully saturated rings. The molecule has 0 saturated carbocycles. The molecule has 2 aromatic rings. The molecule has 5 nitrogen and oxygen atoms in total. The average Bonchev–Trinajstić information content (AvgIpc) is 2.73. The van der Waals surface area contributed by atoms with Crippen molar-refractivity contribution in [2.75, 3.05) is 38.8 Å². The molecule has 0 radical (unpaired) electrons. The number of ether oxygens (including phenoxy) is 2. The first-order chi connectivity index (χ1) is 14.0. The molecule has 4 rings (SSSR count). The van der Waals surface area contributed by atoms with E-state index >= 15 is 0 Å². The molecule has 0 N–H and O–H groups in total. The van der Waals surface area contributed by atoms with Crippen LogP contribution in [0.25, 0.3) is 0 Å². The molecule has 0 aromatic heterocycles. The fraction of sp³-hybridized carbons (Fsp3) is 0.409. The van der Waals surface area contributed by atoms with Gasteiger partial charge in [-0.2, -0.15) is 0 Å². The molecular weight excluding hydrogens is 395 g/mol. The van der Waals surface area contributed by atoms with Crippen LogP contribution in [0.3, 0.4) is 0 Å². The van der Waals surface area contributed by atoms with Crippen molar-refractivity contribution >= 4 is 23.1 Å². The second-order valence-corrected chi connectivity index (χ2v) is 7.92. The Balaban J connectivity index is 1.56. The highest BCUT2D eigenvalue weighted by Gasteiger charge is 2.39. The van der Waals surface area contributed by atoms with E-state index in [0.717, 1.165) is 30.9 Å². The van der Waals surface area contributed by atoms with Crippen LogP contribution in [0.5, 0.6) is 11.5 Å². The van der Waals surface area contributed by atoms with Crippen LogP contribution in [0, 0.1) is 5.82 Å². The van der Waals surface area contributed by atoms with Gasteiger partial charge in [0.1, 0.15) is 11.5 Å². The predicted octanol–water partition coefficient (Wildman–Crippen LogP) is 4.09. The Labute approximate surface area is 175 Å². The number of carbonyl (C=O) groups excluding carboxylic acids is 1.